The molecule has 0 aliphatic rings. The second-order valence-electron chi connectivity index (χ2n) is 5.51. The molecule has 124 valence electrons. The third-order valence-corrected chi connectivity index (χ3v) is 3.29. The third kappa shape index (κ3) is 5.14. The molecule has 0 radical (unpaired) electrons. The molecule has 2 aromatic rings. The summed E-state index contributed by atoms with van der Waals surface area (Å²) in [5.74, 6) is 1.31. The third-order valence-electron chi connectivity index (χ3n) is 3.29. The largest absolute Gasteiger partial charge is 0.491 e. The number of rotatable bonds is 8. The summed E-state index contributed by atoms with van der Waals surface area (Å²) in [4.78, 5) is 12.4. The van der Waals surface area contributed by atoms with E-state index < -0.39 is 0 Å². The molecular weight excluding hydrogens is 294 g/mol. The van der Waals surface area contributed by atoms with Crippen LogP contribution in [0.1, 0.15) is 42.4 Å². The van der Waals surface area contributed by atoms with E-state index in [1.54, 1.807) is 43.7 Å². The fraction of sp³-hybridized carbons (Fsp3) is 0.389. The molecule has 1 heterocycles. The molecule has 0 fully saturated rings. The summed E-state index contributed by atoms with van der Waals surface area (Å²) in [7, 11) is 1.63. The number of carbonyl (C=O) groups is 1. The van der Waals surface area contributed by atoms with Crippen molar-refractivity contribution in [2.24, 2.45) is 0 Å². The van der Waals surface area contributed by atoms with E-state index >= 15 is 0 Å². The number of furan rings is 1. The van der Waals surface area contributed by atoms with Gasteiger partial charge < -0.3 is 19.2 Å². The Hall–Kier alpha value is -2.27. The second kappa shape index (κ2) is 8.39. The summed E-state index contributed by atoms with van der Waals surface area (Å²) in [6.45, 7) is 4.46. The molecule has 0 spiro atoms. The molecule has 23 heavy (non-hydrogen) atoms. The lowest BCUT2D eigenvalue weighted by atomic mass is 10.1. The predicted molar refractivity (Wildman–Crippen MR) is 87.6 cm³/mol. The lowest BCUT2D eigenvalue weighted by molar-refractivity contribution is 0.0917. The van der Waals surface area contributed by atoms with Crippen LogP contribution in [0.2, 0.25) is 0 Å². The normalized spacial score (nSPS) is 12.2. The van der Waals surface area contributed by atoms with Crippen molar-refractivity contribution in [1.82, 2.24) is 5.32 Å². The van der Waals surface area contributed by atoms with Crippen LogP contribution in [0, 0.1) is 0 Å². The van der Waals surface area contributed by atoms with Crippen LogP contribution in [0.15, 0.2) is 47.1 Å². The Morgan fingerprint density at radius 1 is 1.22 bits per heavy atom. The van der Waals surface area contributed by atoms with Crippen molar-refractivity contribution in [2.45, 2.75) is 32.4 Å². The zero-order valence-corrected chi connectivity index (χ0v) is 13.7. The number of hydrogen-bond acceptors (Lipinski definition) is 4. The highest BCUT2D eigenvalue weighted by atomic mass is 16.5. The van der Waals surface area contributed by atoms with Gasteiger partial charge in [0.15, 0.2) is 0 Å². The van der Waals surface area contributed by atoms with Gasteiger partial charge in [0.2, 0.25) is 0 Å². The topological polar surface area (TPSA) is 60.7 Å². The lowest BCUT2D eigenvalue weighted by Crippen LogP contribution is -2.29. The highest BCUT2D eigenvalue weighted by Crippen LogP contribution is 2.19. The van der Waals surface area contributed by atoms with Crippen molar-refractivity contribution in [3.8, 4) is 5.75 Å². The van der Waals surface area contributed by atoms with Gasteiger partial charge in [0.25, 0.3) is 5.91 Å². The Labute approximate surface area is 136 Å². The van der Waals surface area contributed by atoms with E-state index in [0.29, 0.717) is 18.6 Å². The summed E-state index contributed by atoms with van der Waals surface area (Å²) >= 11 is 0. The lowest BCUT2D eigenvalue weighted by Gasteiger charge is -2.16. The SMILES string of the molecule is COCC[C@@H](NC(=O)c1ccc(OC(C)C)cc1)c1ccco1. The highest BCUT2D eigenvalue weighted by molar-refractivity contribution is 5.94. The van der Waals surface area contributed by atoms with Gasteiger partial charge in [-0.3, -0.25) is 4.79 Å². The maximum absolute atomic E-state index is 12.4. The maximum Gasteiger partial charge on any atom is 0.251 e. The summed E-state index contributed by atoms with van der Waals surface area (Å²) in [5, 5.41) is 2.98. The summed E-state index contributed by atoms with van der Waals surface area (Å²) in [6, 6.07) is 10.5. The first kappa shape index (κ1) is 17.1. The number of methoxy groups -OCH3 is 1. The van der Waals surface area contributed by atoms with Crippen LogP contribution in [0.25, 0.3) is 0 Å². The van der Waals surface area contributed by atoms with Gasteiger partial charge in [-0.1, -0.05) is 0 Å². The van der Waals surface area contributed by atoms with Gasteiger partial charge in [0.1, 0.15) is 11.5 Å². The van der Waals surface area contributed by atoms with Crippen LogP contribution in [-0.4, -0.2) is 25.7 Å². The van der Waals surface area contributed by atoms with Crippen LogP contribution in [0.3, 0.4) is 0 Å². The minimum atomic E-state index is -0.218. The first-order valence-corrected chi connectivity index (χ1v) is 7.70. The minimum Gasteiger partial charge on any atom is -0.491 e. The number of amides is 1. The van der Waals surface area contributed by atoms with Gasteiger partial charge >= 0.3 is 0 Å². The Kier molecular flexibility index (Phi) is 6.23. The summed E-state index contributed by atoms with van der Waals surface area (Å²) in [5.41, 5.74) is 0.579. The highest BCUT2D eigenvalue weighted by Gasteiger charge is 2.18. The van der Waals surface area contributed by atoms with E-state index in [1.165, 1.54) is 0 Å². The molecule has 0 aliphatic carbocycles. The maximum atomic E-state index is 12.4. The van der Waals surface area contributed by atoms with Crippen molar-refractivity contribution in [1.29, 1.82) is 0 Å². The average molecular weight is 317 g/mol. The second-order valence-corrected chi connectivity index (χ2v) is 5.51. The van der Waals surface area contributed by atoms with E-state index in [0.717, 1.165) is 11.5 Å². The van der Waals surface area contributed by atoms with Gasteiger partial charge in [-0.15, -0.1) is 0 Å². The minimum absolute atomic E-state index is 0.104. The molecule has 5 heteroatoms. The molecule has 1 amide bonds. The van der Waals surface area contributed by atoms with Crippen molar-refractivity contribution in [2.75, 3.05) is 13.7 Å². The Bertz CT molecular complexity index is 590. The van der Waals surface area contributed by atoms with Crippen LogP contribution >= 0.6 is 0 Å². The zero-order chi connectivity index (χ0) is 16.7. The van der Waals surface area contributed by atoms with E-state index in [-0.39, 0.29) is 18.1 Å². The van der Waals surface area contributed by atoms with Crippen molar-refractivity contribution < 1.29 is 18.7 Å². The molecule has 2 rings (SSSR count). The number of benzene rings is 1. The quantitative estimate of drug-likeness (QED) is 0.808. The molecule has 0 aliphatic heterocycles. The Balaban J connectivity index is 2.03. The molecule has 0 bridgehead atoms. The molecule has 1 N–H and O–H groups in total. The number of nitrogens with one attached hydrogen (secondary N) is 1. The van der Waals surface area contributed by atoms with Crippen molar-refractivity contribution in [3.05, 3.63) is 54.0 Å². The average Bonchev–Trinajstić information content (AvgIpc) is 3.05. The van der Waals surface area contributed by atoms with Crippen molar-refractivity contribution >= 4 is 5.91 Å². The number of carbonyl (C=O) groups excluding carboxylic acids is 1. The van der Waals surface area contributed by atoms with Crippen LogP contribution < -0.4 is 10.1 Å². The first-order valence-electron chi connectivity index (χ1n) is 7.70. The summed E-state index contributed by atoms with van der Waals surface area (Å²) in [6.07, 6.45) is 2.34. The molecule has 0 saturated carbocycles. The monoisotopic (exact) mass is 317 g/mol. The molecule has 1 aromatic carbocycles. The first-order chi connectivity index (χ1) is 11.1. The molecule has 0 unspecified atom stereocenters. The van der Waals surface area contributed by atoms with E-state index in [1.807, 2.05) is 19.9 Å². The van der Waals surface area contributed by atoms with Crippen molar-refractivity contribution in [3.63, 3.8) is 0 Å². The fourth-order valence-corrected chi connectivity index (χ4v) is 2.21. The van der Waals surface area contributed by atoms with Gasteiger partial charge in [0.05, 0.1) is 18.4 Å². The molecule has 1 atom stereocenters. The molecule has 0 saturated heterocycles. The van der Waals surface area contributed by atoms with Gasteiger partial charge in [0, 0.05) is 19.3 Å². The molecule has 5 nitrogen and oxygen atoms in total. The summed E-state index contributed by atoms with van der Waals surface area (Å²) < 4.78 is 16.1. The molecular formula is C18H23NO4. The van der Waals surface area contributed by atoms with E-state index in [9.17, 15) is 4.79 Å². The fourth-order valence-electron chi connectivity index (χ4n) is 2.21. The van der Waals surface area contributed by atoms with Gasteiger partial charge in [-0.2, -0.15) is 0 Å². The van der Waals surface area contributed by atoms with E-state index in [4.69, 9.17) is 13.9 Å². The zero-order valence-electron chi connectivity index (χ0n) is 13.7. The van der Waals surface area contributed by atoms with Gasteiger partial charge in [-0.05, 0) is 56.7 Å². The van der Waals surface area contributed by atoms with Crippen LogP contribution in [-0.2, 0) is 4.74 Å². The standard InChI is InChI=1S/C18H23NO4/c1-13(2)23-15-8-6-14(7-9-15)18(20)19-16(10-12-21-3)17-5-4-11-22-17/h4-9,11,13,16H,10,12H2,1-3H3,(H,19,20)/t16-/m1/s1. The molecule has 1 aromatic heterocycles. The number of hydrogen-bond donors (Lipinski definition) is 1. The number of ether oxygens (including phenoxy) is 2. The smallest absolute Gasteiger partial charge is 0.251 e. The Morgan fingerprint density at radius 3 is 2.52 bits per heavy atom. The van der Waals surface area contributed by atoms with E-state index in [2.05, 4.69) is 5.32 Å². The Morgan fingerprint density at radius 2 is 1.96 bits per heavy atom. The predicted octanol–water partition coefficient (Wildman–Crippen LogP) is 3.57. The van der Waals surface area contributed by atoms with Crippen LogP contribution in [0.5, 0.6) is 5.75 Å². The van der Waals surface area contributed by atoms with Gasteiger partial charge in [-0.25, -0.2) is 0 Å². The van der Waals surface area contributed by atoms with Crippen LogP contribution in [0.4, 0.5) is 0 Å².